The van der Waals surface area contributed by atoms with E-state index < -0.39 is 0 Å². The van der Waals surface area contributed by atoms with Crippen LogP contribution in [0.5, 0.6) is 5.75 Å². The van der Waals surface area contributed by atoms with Crippen molar-refractivity contribution >= 4 is 17.5 Å². The van der Waals surface area contributed by atoms with Gasteiger partial charge in [0.05, 0.1) is 17.5 Å². The van der Waals surface area contributed by atoms with Crippen molar-refractivity contribution in [3.8, 4) is 5.75 Å². The van der Waals surface area contributed by atoms with Gasteiger partial charge in [-0.25, -0.2) is 4.90 Å². The van der Waals surface area contributed by atoms with Crippen molar-refractivity contribution < 1.29 is 14.3 Å². The number of nitrogens with zero attached hydrogens (tertiary/aromatic N) is 1. The zero-order valence-corrected chi connectivity index (χ0v) is 11.6. The van der Waals surface area contributed by atoms with Gasteiger partial charge in [0.2, 0.25) is 11.8 Å². The SMILES string of the molecule is CC1(C)C2C(=O)N(c3ccccc3OCCN)C(=O)C21. The predicted octanol–water partition coefficient (Wildman–Crippen LogP) is 1.17. The molecule has 2 N–H and O–H groups in total. The highest BCUT2D eigenvalue weighted by atomic mass is 16.5. The molecule has 0 spiro atoms. The number of carbonyl (C=O) groups is 2. The van der Waals surface area contributed by atoms with Crippen LogP contribution in [0, 0.1) is 17.3 Å². The molecule has 1 saturated carbocycles. The van der Waals surface area contributed by atoms with Crippen LogP contribution >= 0.6 is 0 Å². The lowest BCUT2D eigenvalue weighted by Crippen LogP contribution is -2.36. The molecule has 0 bridgehead atoms. The van der Waals surface area contributed by atoms with Crippen LogP contribution in [0.15, 0.2) is 24.3 Å². The molecule has 1 saturated heterocycles. The maximum absolute atomic E-state index is 12.4. The molecule has 1 aromatic rings. The zero-order valence-electron chi connectivity index (χ0n) is 11.6. The Kier molecular flexibility index (Phi) is 2.83. The summed E-state index contributed by atoms with van der Waals surface area (Å²) in [7, 11) is 0. The number of fused-ring (bicyclic) bond motifs is 1. The van der Waals surface area contributed by atoms with Crippen LogP contribution in [0.4, 0.5) is 5.69 Å². The van der Waals surface area contributed by atoms with Crippen molar-refractivity contribution in [2.75, 3.05) is 18.1 Å². The second kappa shape index (κ2) is 4.31. The monoisotopic (exact) mass is 274 g/mol. The van der Waals surface area contributed by atoms with Crippen LogP contribution < -0.4 is 15.4 Å². The van der Waals surface area contributed by atoms with Gasteiger partial charge >= 0.3 is 0 Å². The molecule has 1 aliphatic carbocycles. The molecule has 3 rings (SSSR count). The molecule has 0 aromatic heterocycles. The molecular weight excluding hydrogens is 256 g/mol. The first kappa shape index (κ1) is 13.1. The van der Waals surface area contributed by atoms with Crippen molar-refractivity contribution in [1.82, 2.24) is 0 Å². The van der Waals surface area contributed by atoms with E-state index in [2.05, 4.69) is 0 Å². The van der Waals surface area contributed by atoms with Gasteiger partial charge < -0.3 is 10.5 Å². The average Bonchev–Trinajstić information content (AvgIpc) is 2.88. The van der Waals surface area contributed by atoms with E-state index in [1.165, 1.54) is 4.90 Å². The zero-order chi connectivity index (χ0) is 14.5. The van der Waals surface area contributed by atoms with E-state index in [9.17, 15) is 9.59 Å². The van der Waals surface area contributed by atoms with Crippen LogP contribution in [-0.4, -0.2) is 25.0 Å². The number of amides is 2. The number of hydrogen-bond acceptors (Lipinski definition) is 4. The molecule has 1 aromatic carbocycles. The van der Waals surface area contributed by atoms with Gasteiger partial charge in [0.1, 0.15) is 12.4 Å². The summed E-state index contributed by atoms with van der Waals surface area (Å²) in [6, 6.07) is 7.09. The molecule has 1 aliphatic heterocycles. The average molecular weight is 274 g/mol. The summed E-state index contributed by atoms with van der Waals surface area (Å²) in [5, 5.41) is 0. The number of rotatable bonds is 4. The lowest BCUT2D eigenvalue weighted by atomic mass is 10.1. The standard InChI is InChI=1S/C15H18N2O3/c1-15(2)11-12(15)14(19)17(13(11)18)9-5-3-4-6-10(9)20-8-7-16/h3-6,11-12H,7-8,16H2,1-2H3. The molecule has 2 fully saturated rings. The molecule has 2 unspecified atom stereocenters. The van der Waals surface area contributed by atoms with E-state index in [-0.39, 0.29) is 29.1 Å². The third-order valence-corrected chi connectivity index (χ3v) is 4.28. The van der Waals surface area contributed by atoms with Crippen LogP contribution in [0.3, 0.4) is 0 Å². The quantitative estimate of drug-likeness (QED) is 0.836. The summed E-state index contributed by atoms with van der Waals surface area (Å²) >= 11 is 0. The van der Waals surface area contributed by atoms with Gasteiger partial charge in [-0.3, -0.25) is 9.59 Å². The summed E-state index contributed by atoms with van der Waals surface area (Å²) < 4.78 is 5.53. The molecule has 5 nitrogen and oxygen atoms in total. The molecule has 5 heteroatoms. The van der Waals surface area contributed by atoms with Crippen LogP contribution in [0.1, 0.15) is 13.8 Å². The fourth-order valence-electron chi connectivity index (χ4n) is 3.12. The lowest BCUT2D eigenvalue weighted by Gasteiger charge is -2.22. The molecule has 0 radical (unpaired) electrons. The van der Waals surface area contributed by atoms with Gasteiger partial charge in [-0.05, 0) is 17.5 Å². The highest BCUT2D eigenvalue weighted by molar-refractivity contribution is 6.26. The lowest BCUT2D eigenvalue weighted by molar-refractivity contribution is -0.125. The Balaban J connectivity index is 1.92. The highest BCUT2D eigenvalue weighted by Crippen LogP contribution is 2.64. The maximum Gasteiger partial charge on any atom is 0.238 e. The second-order valence-electron chi connectivity index (χ2n) is 5.89. The molecule has 20 heavy (non-hydrogen) atoms. The summed E-state index contributed by atoms with van der Waals surface area (Å²) in [5.41, 5.74) is 5.76. The number of anilines is 1. The fourth-order valence-corrected chi connectivity index (χ4v) is 3.12. The third kappa shape index (κ3) is 1.66. The van der Waals surface area contributed by atoms with E-state index in [0.29, 0.717) is 24.6 Å². The Bertz CT molecular complexity index is 558. The van der Waals surface area contributed by atoms with Gasteiger partial charge in [0, 0.05) is 6.54 Å². The number of ether oxygens (including phenoxy) is 1. The fraction of sp³-hybridized carbons (Fsp3) is 0.467. The van der Waals surface area contributed by atoms with Crippen molar-refractivity contribution in [2.24, 2.45) is 23.0 Å². The first-order valence-corrected chi connectivity index (χ1v) is 6.80. The predicted molar refractivity (Wildman–Crippen MR) is 74.2 cm³/mol. The van der Waals surface area contributed by atoms with Crippen molar-refractivity contribution in [3.05, 3.63) is 24.3 Å². The Hall–Kier alpha value is -1.88. The number of hydrogen-bond donors (Lipinski definition) is 1. The number of benzene rings is 1. The van der Waals surface area contributed by atoms with E-state index in [1.54, 1.807) is 18.2 Å². The van der Waals surface area contributed by atoms with E-state index in [1.807, 2.05) is 19.9 Å². The topological polar surface area (TPSA) is 72.6 Å². The number of para-hydroxylation sites is 2. The Morgan fingerprint density at radius 3 is 2.40 bits per heavy atom. The van der Waals surface area contributed by atoms with Gasteiger partial charge in [-0.1, -0.05) is 26.0 Å². The van der Waals surface area contributed by atoms with Crippen LogP contribution in [-0.2, 0) is 9.59 Å². The third-order valence-electron chi connectivity index (χ3n) is 4.28. The number of imide groups is 1. The number of nitrogens with two attached hydrogens (primary N) is 1. The Morgan fingerprint density at radius 2 is 1.80 bits per heavy atom. The van der Waals surface area contributed by atoms with E-state index in [0.717, 1.165) is 0 Å². The van der Waals surface area contributed by atoms with Gasteiger partial charge in [-0.2, -0.15) is 0 Å². The summed E-state index contributed by atoms with van der Waals surface area (Å²) in [4.78, 5) is 26.1. The van der Waals surface area contributed by atoms with E-state index in [4.69, 9.17) is 10.5 Å². The highest BCUT2D eigenvalue weighted by Gasteiger charge is 2.72. The minimum Gasteiger partial charge on any atom is -0.490 e. The minimum absolute atomic E-state index is 0.117. The molecule has 2 atom stereocenters. The Morgan fingerprint density at radius 1 is 1.20 bits per heavy atom. The molecule has 2 aliphatic rings. The molecule has 106 valence electrons. The van der Waals surface area contributed by atoms with Gasteiger partial charge in [0.15, 0.2) is 0 Å². The number of carbonyl (C=O) groups excluding carboxylic acids is 2. The van der Waals surface area contributed by atoms with Gasteiger partial charge in [0.25, 0.3) is 0 Å². The summed E-state index contributed by atoms with van der Waals surface area (Å²) in [5.74, 6) is -0.0727. The normalized spacial score (nSPS) is 26.6. The van der Waals surface area contributed by atoms with Crippen LogP contribution in [0.2, 0.25) is 0 Å². The van der Waals surface area contributed by atoms with Gasteiger partial charge in [-0.15, -0.1) is 0 Å². The van der Waals surface area contributed by atoms with Crippen molar-refractivity contribution in [3.63, 3.8) is 0 Å². The summed E-state index contributed by atoms with van der Waals surface area (Å²) in [6.45, 7) is 4.67. The molecular formula is C15H18N2O3. The Labute approximate surface area is 117 Å². The smallest absolute Gasteiger partial charge is 0.238 e. The first-order chi connectivity index (χ1) is 9.50. The first-order valence-electron chi connectivity index (χ1n) is 6.80. The van der Waals surface area contributed by atoms with E-state index >= 15 is 0 Å². The number of piperidine rings is 1. The second-order valence-corrected chi connectivity index (χ2v) is 5.89. The summed E-state index contributed by atoms with van der Waals surface area (Å²) in [6.07, 6.45) is 0. The van der Waals surface area contributed by atoms with Crippen molar-refractivity contribution in [2.45, 2.75) is 13.8 Å². The minimum atomic E-state index is -0.197. The largest absolute Gasteiger partial charge is 0.490 e. The van der Waals surface area contributed by atoms with Crippen molar-refractivity contribution in [1.29, 1.82) is 0 Å². The molecule has 2 amide bonds. The maximum atomic E-state index is 12.4. The molecule has 1 heterocycles. The van der Waals surface area contributed by atoms with Crippen LogP contribution in [0.25, 0.3) is 0 Å².